The summed E-state index contributed by atoms with van der Waals surface area (Å²) in [6, 6.07) is 24.1. The minimum atomic E-state index is 0.449. The van der Waals surface area contributed by atoms with Crippen LogP contribution in [0.4, 0.5) is 5.69 Å². The minimum Gasteiger partial charge on any atom is -0.382 e. The van der Waals surface area contributed by atoms with E-state index in [0.29, 0.717) is 10.8 Å². The minimum absolute atomic E-state index is 0.449. The number of hydrogen-bond acceptors (Lipinski definition) is 6. The molecule has 1 unspecified atom stereocenters. The zero-order chi connectivity index (χ0) is 23.6. The third kappa shape index (κ3) is 6.70. The van der Waals surface area contributed by atoms with E-state index in [4.69, 9.17) is 5.26 Å². The number of nitrogens with zero attached hydrogens (tertiary/aromatic N) is 4. The van der Waals surface area contributed by atoms with Gasteiger partial charge in [0.1, 0.15) is 5.03 Å². The van der Waals surface area contributed by atoms with Crippen LogP contribution in [0.25, 0.3) is 11.1 Å². The molecule has 7 heteroatoms. The fourth-order valence-corrected chi connectivity index (χ4v) is 4.62. The average molecular weight is 469 g/mol. The lowest BCUT2D eigenvalue weighted by Crippen LogP contribution is -2.33. The number of nitrogens with one attached hydrogen (secondary N) is 2. The highest BCUT2D eigenvalue weighted by molar-refractivity contribution is 8.00. The van der Waals surface area contributed by atoms with Crippen LogP contribution >= 0.6 is 11.8 Å². The second kappa shape index (κ2) is 12.0. The number of benzene rings is 2. The number of hydrogen-bond donors (Lipinski definition) is 2. The zero-order valence-corrected chi connectivity index (χ0v) is 20.0. The van der Waals surface area contributed by atoms with Gasteiger partial charge in [-0.2, -0.15) is 10.4 Å². The van der Waals surface area contributed by atoms with E-state index >= 15 is 0 Å². The topological polar surface area (TPSA) is 78.6 Å². The molecular weight excluding hydrogens is 440 g/mol. The van der Waals surface area contributed by atoms with Crippen LogP contribution in [0.1, 0.15) is 11.1 Å². The normalized spacial score (nSPS) is 14.2. The van der Waals surface area contributed by atoms with Crippen molar-refractivity contribution in [1.29, 1.82) is 5.26 Å². The summed E-state index contributed by atoms with van der Waals surface area (Å²) in [5.41, 5.74) is 5.21. The number of aryl methyl sites for hydroxylation is 1. The van der Waals surface area contributed by atoms with Gasteiger partial charge in [0.2, 0.25) is 0 Å². The smallest absolute Gasteiger partial charge is 0.120 e. The van der Waals surface area contributed by atoms with Gasteiger partial charge in [-0.15, -0.1) is 0 Å². The van der Waals surface area contributed by atoms with Gasteiger partial charge in [-0.3, -0.25) is 4.68 Å². The Kier molecular flexibility index (Phi) is 8.33. The molecule has 0 amide bonds. The van der Waals surface area contributed by atoms with Crippen molar-refractivity contribution in [1.82, 2.24) is 20.1 Å². The Hall–Kier alpha value is -3.60. The van der Waals surface area contributed by atoms with E-state index in [9.17, 15) is 0 Å². The maximum Gasteiger partial charge on any atom is 0.120 e. The summed E-state index contributed by atoms with van der Waals surface area (Å²) < 4.78 is 1.80. The van der Waals surface area contributed by atoms with Crippen LogP contribution in [0.2, 0.25) is 0 Å². The molecule has 1 aliphatic heterocycles. The fraction of sp³-hybridized carbons (Fsp3) is 0.222. The van der Waals surface area contributed by atoms with Gasteiger partial charge in [-0.25, -0.2) is 4.98 Å². The molecule has 2 aromatic heterocycles. The first-order valence-corrected chi connectivity index (χ1v) is 12.2. The number of fused-ring (bicyclic) bond motifs is 1. The maximum absolute atomic E-state index is 8.85. The molecule has 1 atom stereocenters. The molecule has 6 nitrogen and oxygen atoms in total. The van der Waals surface area contributed by atoms with E-state index in [1.807, 2.05) is 98.1 Å². The Morgan fingerprint density at radius 2 is 1.82 bits per heavy atom. The molecule has 0 aliphatic carbocycles. The Morgan fingerprint density at radius 1 is 1.09 bits per heavy atom. The van der Waals surface area contributed by atoms with Crippen LogP contribution < -0.4 is 10.6 Å². The quantitative estimate of drug-likeness (QED) is 0.397. The molecule has 1 aliphatic rings. The van der Waals surface area contributed by atoms with Crippen molar-refractivity contribution in [3.63, 3.8) is 0 Å². The second-order valence-electron chi connectivity index (χ2n) is 8.02. The summed E-state index contributed by atoms with van der Waals surface area (Å²) in [7, 11) is 1.92. The summed E-state index contributed by atoms with van der Waals surface area (Å²) in [6.45, 7) is 2.77. The van der Waals surface area contributed by atoms with E-state index in [-0.39, 0.29) is 0 Å². The molecule has 34 heavy (non-hydrogen) atoms. The van der Waals surface area contributed by atoms with Gasteiger partial charge in [-0.05, 0) is 36.7 Å². The number of pyridine rings is 1. The lowest BCUT2D eigenvalue weighted by molar-refractivity contribution is 0.665. The van der Waals surface area contributed by atoms with Gasteiger partial charge in [0.05, 0.1) is 23.5 Å². The van der Waals surface area contributed by atoms with Crippen molar-refractivity contribution in [2.45, 2.75) is 16.7 Å². The maximum atomic E-state index is 8.85. The molecule has 0 bridgehead atoms. The summed E-state index contributed by atoms with van der Waals surface area (Å²) >= 11 is 1.82. The van der Waals surface area contributed by atoms with Crippen molar-refractivity contribution in [2.24, 2.45) is 7.05 Å². The first-order valence-electron chi connectivity index (χ1n) is 11.3. The number of rotatable bonds is 6. The summed E-state index contributed by atoms with van der Waals surface area (Å²) in [5.74, 6) is 0. The van der Waals surface area contributed by atoms with Crippen LogP contribution in [0.3, 0.4) is 0 Å². The van der Waals surface area contributed by atoms with E-state index < -0.39 is 0 Å². The van der Waals surface area contributed by atoms with Crippen LogP contribution in [-0.2, 0) is 13.5 Å². The van der Waals surface area contributed by atoms with Crippen LogP contribution in [0.5, 0.6) is 0 Å². The van der Waals surface area contributed by atoms with Gasteiger partial charge < -0.3 is 10.6 Å². The largest absolute Gasteiger partial charge is 0.382 e. The molecule has 0 spiro atoms. The van der Waals surface area contributed by atoms with Crippen LogP contribution in [0.15, 0.2) is 90.3 Å². The molecular formula is C27H28N6S. The lowest BCUT2D eigenvalue weighted by atomic mass is 10.1. The van der Waals surface area contributed by atoms with Crippen LogP contribution in [-0.4, -0.2) is 39.6 Å². The van der Waals surface area contributed by atoms with Crippen molar-refractivity contribution < 1.29 is 0 Å². The molecule has 0 saturated heterocycles. The van der Waals surface area contributed by atoms with E-state index in [0.717, 1.165) is 47.9 Å². The Balaban J connectivity index is 0.000000398. The molecule has 2 aromatic carbocycles. The standard InChI is InChI=1S/C21H22N6S.C6H6/c1-27-14-18(11-26-27)17-8-20-21(25-10-17)28-19(13-24-20)12-23-7-6-15-2-4-16(9-22)5-3-15;1-2-4-6-5-3-1/h2-5,8,10-11,14,19,23-24H,6-7,12-13H2,1H3;1-6H. The number of nitriles is 1. The predicted octanol–water partition coefficient (Wildman–Crippen LogP) is 4.76. The zero-order valence-electron chi connectivity index (χ0n) is 19.2. The molecule has 172 valence electrons. The first kappa shape index (κ1) is 23.6. The van der Waals surface area contributed by atoms with E-state index in [2.05, 4.69) is 32.9 Å². The monoisotopic (exact) mass is 468 g/mol. The van der Waals surface area contributed by atoms with Gasteiger partial charge >= 0.3 is 0 Å². The van der Waals surface area contributed by atoms with Crippen LogP contribution in [0, 0.1) is 11.3 Å². The number of thioether (sulfide) groups is 1. The van der Waals surface area contributed by atoms with Gasteiger partial charge in [0.25, 0.3) is 0 Å². The predicted molar refractivity (Wildman–Crippen MR) is 139 cm³/mol. The Labute approximate surface area is 205 Å². The molecule has 5 rings (SSSR count). The highest BCUT2D eigenvalue weighted by atomic mass is 32.2. The highest BCUT2D eigenvalue weighted by Gasteiger charge is 2.20. The van der Waals surface area contributed by atoms with E-state index in [1.165, 1.54) is 5.56 Å². The molecule has 0 saturated carbocycles. The lowest BCUT2D eigenvalue weighted by Gasteiger charge is -2.25. The third-order valence-corrected chi connectivity index (χ3v) is 6.62. The second-order valence-corrected chi connectivity index (χ2v) is 9.31. The molecule has 4 aromatic rings. The van der Waals surface area contributed by atoms with Crippen molar-refractivity contribution in [3.8, 4) is 17.2 Å². The summed E-state index contributed by atoms with van der Waals surface area (Å²) in [6.07, 6.45) is 6.74. The highest BCUT2D eigenvalue weighted by Crippen LogP contribution is 2.35. The third-order valence-electron chi connectivity index (χ3n) is 5.40. The first-order chi connectivity index (χ1) is 16.7. The number of anilines is 1. The van der Waals surface area contributed by atoms with Gasteiger partial charge in [0, 0.05) is 48.9 Å². The van der Waals surface area contributed by atoms with Crippen molar-refractivity contribution in [3.05, 3.63) is 96.4 Å². The Morgan fingerprint density at radius 3 is 2.47 bits per heavy atom. The Bertz CT molecular complexity index is 1190. The van der Waals surface area contributed by atoms with Crippen molar-refractivity contribution >= 4 is 17.4 Å². The summed E-state index contributed by atoms with van der Waals surface area (Å²) in [5, 5.41) is 21.6. The average Bonchev–Trinajstić information content (AvgIpc) is 3.34. The molecule has 0 radical (unpaired) electrons. The SMILES string of the molecule is Cn1cc(-c2cnc3c(c2)NCC(CNCCc2ccc(C#N)cc2)S3)cn1.c1ccccc1. The molecule has 0 fully saturated rings. The number of aromatic nitrogens is 3. The molecule has 3 heterocycles. The molecule has 2 N–H and O–H groups in total. The summed E-state index contributed by atoms with van der Waals surface area (Å²) in [4.78, 5) is 4.66. The van der Waals surface area contributed by atoms with Crippen molar-refractivity contribution in [2.75, 3.05) is 25.0 Å². The fourth-order valence-electron chi connectivity index (χ4n) is 3.56. The van der Waals surface area contributed by atoms with E-state index in [1.54, 1.807) is 4.68 Å². The van der Waals surface area contributed by atoms with Gasteiger partial charge in [0.15, 0.2) is 0 Å². The van der Waals surface area contributed by atoms with Gasteiger partial charge in [-0.1, -0.05) is 60.3 Å².